The van der Waals surface area contributed by atoms with Crippen LogP contribution in [0.3, 0.4) is 0 Å². The number of benzene rings is 1. The number of ether oxygens (including phenoxy) is 3. The number of hydrogen-bond donors (Lipinski definition) is 2. The van der Waals surface area contributed by atoms with Crippen molar-refractivity contribution in [1.82, 2.24) is 0 Å². The molecule has 0 saturated carbocycles. The minimum Gasteiger partial charge on any atom is -0.388 e. The second kappa shape index (κ2) is 4.95. The van der Waals surface area contributed by atoms with E-state index in [4.69, 9.17) is 14.2 Å². The Morgan fingerprint density at radius 3 is 2.56 bits per heavy atom. The molecule has 1 aromatic rings. The predicted molar refractivity (Wildman–Crippen MR) is 61.8 cm³/mol. The summed E-state index contributed by atoms with van der Waals surface area (Å²) < 4.78 is 16.7. The van der Waals surface area contributed by atoms with Gasteiger partial charge in [-0.1, -0.05) is 30.3 Å². The van der Waals surface area contributed by atoms with Gasteiger partial charge in [0.15, 0.2) is 6.29 Å². The first-order valence-electron chi connectivity index (χ1n) is 6.05. The summed E-state index contributed by atoms with van der Waals surface area (Å²) in [6, 6.07) is 9.51. The first-order chi connectivity index (χ1) is 8.75. The molecule has 2 aliphatic heterocycles. The molecule has 18 heavy (non-hydrogen) atoms. The van der Waals surface area contributed by atoms with Crippen molar-refractivity contribution in [3.63, 3.8) is 0 Å². The Morgan fingerprint density at radius 1 is 1.00 bits per heavy atom. The van der Waals surface area contributed by atoms with E-state index in [1.165, 1.54) is 0 Å². The van der Waals surface area contributed by atoms with Gasteiger partial charge in [0.1, 0.15) is 24.4 Å². The highest BCUT2D eigenvalue weighted by molar-refractivity contribution is 5.16. The van der Waals surface area contributed by atoms with E-state index in [2.05, 4.69) is 0 Å². The Morgan fingerprint density at radius 2 is 1.78 bits per heavy atom. The van der Waals surface area contributed by atoms with E-state index in [0.717, 1.165) is 5.56 Å². The third-order valence-corrected chi connectivity index (χ3v) is 3.34. The van der Waals surface area contributed by atoms with E-state index in [0.29, 0.717) is 6.61 Å². The third-order valence-electron chi connectivity index (χ3n) is 3.34. The average Bonchev–Trinajstić information content (AvgIpc) is 2.44. The van der Waals surface area contributed by atoms with Crippen LogP contribution in [0.5, 0.6) is 0 Å². The van der Waals surface area contributed by atoms with Gasteiger partial charge in [-0.05, 0) is 0 Å². The van der Waals surface area contributed by atoms with Gasteiger partial charge in [-0.15, -0.1) is 0 Å². The van der Waals surface area contributed by atoms with Gasteiger partial charge in [0.2, 0.25) is 0 Å². The Labute approximate surface area is 105 Å². The molecule has 1 aromatic carbocycles. The lowest BCUT2D eigenvalue weighted by atomic mass is 9.99. The Bertz CT molecular complexity index is 394. The summed E-state index contributed by atoms with van der Waals surface area (Å²) in [5.41, 5.74) is 0.892. The fraction of sp³-hybridized carbons (Fsp3) is 0.538. The molecule has 5 atom stereocenters. The first-order valence-corrected chi connectivity index (χ1v) is 6.05. The van der Waals surface area contributed by atoms with Gasteiger partial charge in [-0.25, -0.2) is 0 Å². The number of aliphatic hydroxyl groups is 2. The molecular weight excluding hydrogens is 236 g/mol. The van der Waals surface area contributed by atoms with E-state index < -0.39 is 24.6 Å². The molecule has 0 spiro atoms. The van der Waals surface area contributed by atoms with Crippen LogP contribution in [0.25, 0.3) is 0 Å². The molecule has 0 amide bonds. The lowest BCUT2D eigenvalue weighted by molar-refractivity contribution is -0.314. The highest BCUT2D eigenvalue weighted by Gasteiger charge is 2.44. The summed E-state index contributed by atoms with van der Waals surface area (Å²) in [6.45, 7) is 0.471. The summed E-state index contributed by atoms with van der Waals surface area (Å²) in [7, 11) is 0. The van der Waals surface area contributed by atoms with Crippen LogP contribution in [-0.2, 0) is 14.2 Å². The predicted octanol–water partition coefficient (Wildman–Crippen LogP) is 0.221. The van der Waals surface area contributed by atoms with Gasteiger partial charge in [0, 0.05) is 5.56 Å². The molecule has 1 unspecified atom stereocenters. The molecule has 5 heteroatoms. The quantitative estimate of drug-likeness (QED) is 0.748. The number of fused-ring (bicyclic) bond motifs is 1. The second-order valence-corrected chi connectivity index (χ2v) is 4.61. The first kappa shape index (κ1) is 12.1. The lowest BCUT2D eigenvalue weighted by Gasteiger charge is -2.43. The lowest BCUT2D eigenvalue weighted by Crippen LogP contribution is -2.58. The molecule has 0 bridgehead atoms. The van der Waals surface area contributed by atoms with Crippen molar-refractivity contribution in [3.8, 4) is 0 Å². The minimum atomic E-state index is -0.932. The van der Waals surface area contributed by atoms with Crippen LogP contribution >= 0.6 is 0 Å². The van der Waals surface area contributed by atoms with Crippen molar-refractivity contribution in [2.75, 3.05) is 13.2 Å². The van der Waals surface area contributed by atoms with E-state index in [1.54, 1.807) is 0 Å². The van der Waals surface area contributed by atoms with Crippen LogP contribution < -0.4 is 0 Å². The number of aliphatic hydroxyl groups excluding tert-OH is 2. The van der Waals surface area contributed by atoms with Crippen LogP contribution in [0.1, 0.15) is 11.9 Å². The van der Waals surface area contributed by atoms with E-state index in [1.807, 2.05) is 30.3 Å². The largest absolute Gasteiger partial charge is 0.388 e. The molecule has 98 valence electrons. The van der Waals surface area contributed by atoms with Crippen molar-refractivity contribution >= 4 is 0 Å². The standard InChI is InChI=1S/C13H16O5/c14-9-6-16-10-7-17-13(18-12(10)11(9)15)8-4-2-1-3-5-8/h1-5,9-15H,6-7H2/t9-,10+,11+,12-,13?/m0/s1. The Kier molecular flexibility index (Phi) is 3.32. The SMILES string of the molecule is O[C@H]1[C@H]2OC(c3ccccc3)OC[C@H]2OC[C@@H]1O. The van der Waals surface area contributed by atoms with Crippen LogP contribution in [-0.4, -0.2) is 47.8 Å². The molecule has 2 aliphatic rings. The molecule has 3 rings (SSSR count). The second-order valence-electron chi connectivity index (χ2n) is 4.61. The maximum atomic E-state index is 9.93. The van der Waals surface area contributed by atoms with E-state index in [9.17, 15) is 10.2 Å². The molecule has 2 saturated heterocycles. The van der Waals surface area contributed by atoms with Crippen molar-refractivity contribution < 1.29 is 24.4 Å². The van der Waals surface area contributed by atoms with Gasteiger partial charge in [-0.2, -0.15) is 0 Å². The summed E-state index contributed by atoms with van der Waals surface area (Å²) in [4.78, 5) is 0. The fourth-order valence-corrected chi connectivity index (χ4v) is 2.31. The molecule has 2 N–H and O–H groups in total. The Hall–Kier alpha value is -0.980. The topological polar surface area (TPSA) is 68.2 Å². The zero-order chi connectivity index (χ0) is 12.5. The maximum absolute atomic E-state index is 9.93. The average molecular weight is 252 g/mol. The zero-order valence-electron chi connectivity index (χ0n) is 9.81. The Balaban J connectivity index is 1.75. The smallest absolute Gasteiger partial charge is 0.184 e. The van der Waals surface area contributed by atoms with Crippen molar-refractivity contribution in [3.05, 3.63) is 35.9 Å². The van der Waals surface area contributed by atoms with Crippen LogP contribution in [0.4, 0.5) is 0 Å². The van der Waals surface area contributed by atoms with Gasteiger partial charge in [0.05, 0.1) is 13.2 Å². The van der Waals surface area contributed by atoms with Crippen LogP contribution in [0, 0.1) is 0 Å². The van der Waals surface area contributed by atoms with Gasteiger partial charge in [-0.3, -0.25) is 0 Å². The summed E-state index contributed by atoms with van der Waals surface area (Å²) >= 11 is 0. The highest BCUT2D eigenvalue weighted by atomic mass is 16.7. The summed E-state index contributed by atoms with van der Waals surface area (Å²) in [5.74, 6) is 0. The van der Waals surface area contributed by atoms with Crippen molar-refractivity contribution in [1.29, 1.82) is 0 Å². The van der Waals surface area contributed by atoms with E-state index >= 15 is 0 Å². The van der Waals surface area contributed by atoms with Gasteiger partial charge >= 0.3 is 0 Å². The summed E-state index contributed by atoms with van der Waals surface area (Å²) in [6.07, 6.45) is -3.22. The summed E-state index contributed by atoms with van der Waals surface area (Å²) in [5, 5.41) is 19.5. The highest BCUT2D eigenvalue weighted by Crippen LogP contribution is 2.31. The molecular formula is C13H16O5. The third kappa shape index (κ3) is 2.15. The molecule has 2 heterocycles. The number of hydrogen-bond acceptors (Lipinski definition) is 5. The van der Waals surface area contributed by atoms with E-state index in [-0.39, 0.29) is 12.7 Å². The molecule has 5 nitrogen and oxygen atoms in total. The van der Waals surface area contributed by atoms with Crippen LogP contribution in [0.2, 0.25) is 0 Å². The van der Waals surface area contributed by atoms with Crippen molar-refractivity contribution in [2.45, 2.75) is 30.7 Å². The zero-order valence-corrected chi connectivity index (χ0v) is 9.81. The maximum Gasteiger partial charge on any atom is 0.184 e. The normalized spacial score (nSPS) is 40.2. The van der Waals surface area contributed by atoms with Crippen molar-refractivity contribution in [2.24, 2.45) is 0 Å². The molecule has 0 aliphatic carbocycles. The fourth-order valence-electron chi connectivity index (χ4n) is 2.31. The molecule has 0 aromatic heterocycles. The molecule has 0 radical (unpaired) electrons. The minimum absolute atomic E-state index is 0.116. The van der Waals surface area contributed by atoms with Gasteiger partial charge in [0.25, 0.3) is 0 Å². The monoisotopic (exact) mass is 252 g/mol. The molecule has 2 fully saturated rings. The van der Waals surface area contributed by atoms with Crippen LogP contribution in [0.15, 0.2) is 30.3 Å². The number of rotatable bonds is 1. The van der Waals surface area contributed by atoms with Gasteiger partial charge < -0.3 is 24.4 Å².